The Morgan fingerprint density at radius 3 is 2.77 bits per heavy atom. The lowest BCUT2D eigenvalue weighted by Gasteiger charge is -2.08. The van der Waals surface area contributed by atoms with Gasteiger partial charge in [0.05, 0.1) is 12.8 Å². The summed E-state index contributed by atoms with van der Waals surface area (Å²) in [7, 11) is 1.57. The van der Waals surface area contributed by atoms with E-state index >= 15 is 0 Å². The van der Waals surface area contributed by atoms with E-state index in [1.807, 2.05) is 0 Å². The van der Waals surface area contributed by atoms with Crippen molar-refractivity contribution in [3.05, 3.63) is 18.2 Å². The number of methoxy groups -OCH3 is 1. The fourth-order valence-corrected chi connectivity index (χ4v) is 0.958. The Kier molecular flexibility index (Phi) is 3.40. The topological polar surface area (TPSA) is 70.5 Å². The number of ether oxygens (including phenoxy) is 2. The van der Waals surface area contributed by atoms with Gasteiger partial charge in [-0.2, -0.15) is 0 Å². The van der Waals surface area contributed by atoms with Crippen LogP contribution in [0.15, 0.2) is 18.2 Å². The lowest BCUT2D eigenvalue weighted by Crippen LogP contribution is -2.10. The predicted octanol–water partition coefficient (Wildman–Crippen LogP) is 0.615. The molecule has 1 rings (SSSR count). The first-order valence-electron chi connectivity index (χ1n) is 4.04. The van der Waals surface area contributed by atoms with Gasteiger partial charge in [-0.05, 0) is 12.1 Å². The number of hydrogen-bond acceptors (Lipinski definition) is 4. The summed E-state index contributed by atoms with van der Waals surface area (Å²) in [5, 5.41) is 0. The summed E-state index contributed by atoms with van der Waals surface area (Å²) in [5.74, 6) is 1.34. The SMILES string of the molecule is COc1cc(OCCN)ccc1N. The molecule has 13 heavy (non-hydrogen) atoms. The van der Waals surface area contributed by atoms with E-state index in [0.29, 0.717) is 24.6 Å². The third kappa shape index (κ3) is 2.52. The zero-order chi connectivity index (χ0) is 9.68. The van der Waals surface area contributed by atoms with Crippen LogP contribution in [-0.2, 0) is 0 Å². The number of nitrogen functional groups attached to an aromatic ring is 1. The van der Waals surface area contributed by atoms with Crippen molar-refractivity contribution >= 4 is 5.69 Å². The van der Waals surface area contributed by atoms with E-state index in [9.17, 15) is 0 Å². The first-order chi connectivity index (χ1) is 6.27. The highest BCUT2D eigenvalue weighted by Gasteiger charge is 2.00. The van der Waals surface area contributed by atoms with Gasteiger partial charge >= 0.3 is 0 Å². The Bertz CT molecular complexity index is 276. The van der Waals surface area contributed by atoms with Crippen molar-refractivity contribution in [1.29, 1.82) is 0 Å². The van der Waals surface area contributed by atoms with Crippen molar-refractivity contribution in [2.45, 2.75) is 0 Å². The Balaban J connectivity index is 2.74. The Morgan fingerprint density at radius 1 is 1.38 bits per heavy atom. The molecule has 0 atom stereocenters. The monoisotopic (exact) mass is 182 g/mol. The summed E-state index contributed by atoms with van der Waals surface area (Å²) < 4.78 is 10.3. The Hall–Kier alpha value is -1.42. The Labute approximate surface area is 77.4 Å². The molecule has 0 radical (unpaired) electrons. The van der Waals surface area contributed by atoms with Gasteiger partial charge in [-0.15, -0.1) is 0 Å². The average Bonchev–Trinajstić information content (AvgIpc) is 2.16. The third-order valence-corrected chi connectivity index (χ3v) is 1.59. The molecule has 0 saturated heterocycles. The molecule has 0 bridgehead atoms. The van der Waals surface area contributed by atoms with Crippen molar-refractivity contribution in [2.75, 3.05) is 26.0 Å². The fraction of sp³-hybridized carbons (Fsp3) is 0.333. The van der Waals surface area contributed by atoms with Gasteiger partial charge in [0.2, 0.25) is 0 Å². The van der Waals surface area contributed by atoms with E-state index in [-0.39, 0.29) is 0 Å². The van der Waals surface area contributed by atoms with E-state index in [1.54, 1.807) is 25.3 Å². The molecule has 72 valence electrons. The maximum absolute atomic E-state index is 5.62. The first-order valence-corrected chi connectivity index (χ1v) is 4.04. The van der Waals surface area contributed by atoms with Crippen molar-refractivity contribution < 1.29 is 9.47 Å². The van der Waals surface area contributed by atoms with E-state index in [2.05, 4.69) is 0 Å². The van der Waals surface area contributed by atoms with Crippen LogP contribution in [0, 0.1) is 0 Å². The van der Waals surface area contributed by atoms with Crippen LogP contribution in [0.25, 0.3) is 0 Å². The molecule has 1 aromatic rings. The lowest BCUT2D eigenvalue weighted by atomic mass is 10.3. The zero-order valence-corrected chi connectivity index (χ0v) is 7.62. The number of nitrogens with two attached hydrogens (primary N) is 2. The van der Waals surface area contributed by atoms with Crippen LogP contribution >= 0.6 is 0 Å². The minimum atomic E-state index is 0.493. The first kappa shape index (κ1) is 9.67. The number of hydrogen-bond donors (Lipinski definition) is 2. The highest BCUT2D eigenvalue weighted by molar-refractivity contribution is 5.55. The predicted molar refractivity (Wildman–Crippen MR) is 52.0 cm³/mol. The second-order valence-electron chi connectivity index (χ2n) is 2.54. The van der Waals surface area contributed by atoms with Gasteiger partial charge in [0.15, 0.2) is 0 Å². The van der Waals surface area contributed by atoms with E-state index < -0.39 is 0 Å². The molecule has 0 aliphatic heterocycles. The van der Waals surface area contributed by atoms with Gasteiger partial charge in [0, 0.05) is 12.6 Å². The molecular weight excluding hydrogens is 168 g/mol. The molecule has 0 spiro atoms. The molecule has 0 aliphatic rings. The highest BCUT2D eigenvalue weighted by Crippen LogP contribution is 2.26. The molecule has 0 aromatic heterocycles. The van der Waals surface area contributed by atoms with E-state index in [1.165, 1.54) is 0 Å². The lowest BCUT2D eigenvalue weighted by molar-refractivity contribution is 0.325. The van der Waals surface area contributed by atoms with Gasteiger partial charge in [-0.25, -0.2) is 0 Å². The summed E-state index contributed by atoms with van der Waals surface area (Å²) in [6.45, 7) is 0.986. The van der Waals surface area contributed by atoms with Gasteiger partial charge in [-0.3, -0.25) is 0 Å². The molecule has 0 fully saturated rings. The largest absolute Gasteiger partial charge is 0.494 e. The van der Waals surface area contributed by atoms with E-state index in [4.69, 9.17) is 20.9 Å². The second-order valence-corrected chi connectivity index (χ2v) is 2.54. The molecule has 0 amide bonds. The van der Waals surface area contributed by atoms with Gasteiger partial charge in [-0.1, -0.05) is 0 Å². The summed E-state index contributed by atoms with van der Waals surface area (Å²) >= 11 is 0. The molecule has 1 aromatic carbocycles. The molecular formula is C9H14N2O2. The third-order valence-electron chi connectivity index (χ3n) is 1.59. The van der Waals surface area contributed by atoms with Crippen LogP contribution in [0.4, 0.5) is 5.69 Å². The highest BCUT2D eigenvalue weighted by atomic mass is 16.5. The minimum Gasteiger partial charge on any atom is -0.494 e. The smallest absolute Gasteiger partial charge is 0.145 e. The maximum Gasteiger partial charge on any atom is 0.145 e. The van der Waals surface area contributed by atoms with Crippen LogP contribution in [0.2, 0.25) is 0 Å². The summed E-state index contributed by atoms with van der Waals surface area (Å²) in [5.41, 5.74) is 11.5. The van der Waals surface area contributed by atoms with Gasteiger partial charge in [0.25, 0.3) is 0 Å². The minimum absolute atomic E-state index is 0.493. The quantitative estimate of drug-likeness (QED) is 0.669. The van der Waals surface area contributed by atoms with Crippen LogP contribution in [0.1, 0.15) is 0 Å². The summed E-state index contributed by atoms with van der Waals surface area (Å²) in [6.07, 6.45) is 0. The normalized spacial score (nSPS) is 9.69. The maximum atomic E-state index is 5.62. The molecule has 4 nitrogen and oxygen atoms in total. The summed E-state index contributed by atoms with van der Waals surface area (Å²) in [4.78, 5) is 0. The van der Waals surface area contributed by atoms with Crippen molar-refractivity contribution in [1.82, 2.24) is 0 Å². The van der Waals surface area contributed by atoms with Crippen LogP contribution in [0.5, 0.6) is 11.5 Å². The van der Waals surface area contributed by atoms with Gasteiger partial charge < -0.3 is 20.9 Å². The number of anilines is 1. The molecule has 4 N–H and O–H groups in total. The Morgan fingerprint density at radius 2 is 2.15 bits per heavy atom. The van der Waals surface area contributed by atoms with Crippen molar-refractivity contribution in [2.24, 2.45) is 5.73 Å². The summed E-state index contributed by atoms with van der Waals surface area (Å²) in [6, 6.07) is 5.27. The number of rotatable bonds is 4. The fourth-order valence-electron chi connectivity index (χ4n) is 0.958. The molecule has 0 unspecified atom stereocenters. The molecule has 4 heteroatoms. The van der Waals surface area contributed by atoms with Crippen molar-refractivity contribution in [3.63, 3.8) is 0 Å². The average molecular weight is 182 g/mol. The zero-order valence-electron chi connectivity index (χ0n) is 7.62. The second kappa shape index (κ2) is 4.57. The molecule has 0 heterocycles. The van der Waals surface area contributed by atoms with Crippen LogP contribution in [-0.4, -0.2) is 20.3 Å². The standard InChI is InChI=1S/C9H14N2O2/c1-12-9-6-7(13-5-4-10)2-3-8(9)11/h2-3,6H,4-5,10-11H2,1H3. The number of benzene rings is 1. The van der Waals surface area contributed by atoms with Crippen molar-refractivity contribution in [3.8, 4) is 11.5 Å². The molecule has 0 saturated carbocycles. The molecule has 0 aliphatic carbocycles. The van der Waals surface area contributed by atoms with Crippen LogP contribution < -0.4 is 20.9 Å². The van der Waals surface area contributed by atoms with E-state index in [0.717, 1.165) is 5.75 Å². The van der Waals surface area contributed by atoms with Gasteiger partial charge in [0.1, 0.15) is 18.1 Å². The van der Waals surface area contributed by atoms with Crippen LogP contribution in [0.3, 0.4) is 0 Å².